The molecule has 0 aliphatic rings. The molecule has 0 bridgehead atoms. The summed E-state index contributed by atoms with van der Waals surface area (Å²) >= 11 is 0. The van der Waals surface area contributed by atoms with Crippen molar-refractivity contribution in [3.63, 3.8) is 0 Å². The monoisotopic (exact) mass is 333 g/mol. The average Bonchev–Trinajstić information content (AvgIpc) is 2.52. The number of benzene rings is 1. The van der Waals surface area contributed by atoms with Crippen LogP contribution in [0.1, 0.15) is 44.4 Å². The number of likely N-dealkylation sites (N-methyl/N-ethyl adjacent to an activating group) is 2. The topological polar surface area (TPSA) is 78.5 Å². The van der Waals surface area contributed by atoms with E-state index >= 15 is 0 Å². The molecule has 1 aromatic rings. The molecular weight excluding hydrogens is 306 g/mol. The minimum absolute atomic E-state index is 0.0316. The van der Waals surface area contributed by atoms with E-state index in [0.717, 1.165) is 11.1 Å². The van der Waals surface area contributed by atoms with Gasteiger partial charge in [-0.25, -0.2) is 0 Å². The van der Waals surface area contributed by atoms with Gasteiger partial charge in [-0.3, -0.25) is 14.4 Å². The van der Waals surface area contributed by atoms with Crippen LogP contribution in [-0.2, 0) is 14.4 Å². The van der Waals surface area contributed by atoms with Gasteiger partial charge in [0.2, 0.25) is 17.7 Å². The van der Waals surface area contributed by atoms with Crippen LogP contribution in [0.15, 0.2) is 24.3 Å². The van der Waals surface area contributed by atoms with Crippen LogP contribution < -0.4 is 10.6 Å². The maximum absolute atomic E-state index is 12.5. The lowest BCUT2D eigenvalue weighted by molar-refractivity contribution is -0.136. The molecule has 0 radical (unpaired) electrons. The van der Waals surface area contributed by atoms with Gasteiger partial charge in [-0.1, -0.05) is 29.8 Å². The van der Waals surface area contributed by atoms with Gasteiger partial charge >= 0.3 is 0 Å². The summed E-state index contributed by atoms with van der Waals surface area (Å²) in [7, 11) is 0. The predicted octanol–water partition coefficient (Wildman–Crippen LogP) is 1.55. The largest absolute Gasteiger partial charge is 0.355 e. The number of nitrogens with zero attached hydrogens (tertiary/aromatic N) is 1. The van der Waals surface area contributed by atoms with Crippen molar-refractivity contribution in [1.29, 1.82) is 0 Å². The smallest absolute Gasteiger partial charge is 0.239 e. The third kappa shape index (κ3) is 6.40. The SMILES string of the molecule is CCNC(=O)CN(CC)C(=O)CC(NC(C)=O)c1ccc(C)cc1. The normalized spacial score (nSPS) is 11.5. The maximum atomic E-state index is 12.5. The summed E-state index contributed by atoms with van der Waals surface area (Å²) in [6.45, 7) is 8.07. The molecule has 0 aliphatic carbocycles. The number of aryl methyl sites for hydroxylation is 1. The minimum atomic E-state index is -0.404. The van der Waals surface area contributed by atoms with Crippen molar-refractivity contribution in [2.45, 2.75) is 40.2 Å². The summed E-state index contributed by atoms with van der Waals surface area (Å²) in [5.41, 5.74) is 1.98. The molecule has 0 aliphatic heterocycles. The van der Waals surface area contributed by atoms with Gasteiger partial charge in [0.15, 0.2) is 0 Å². The third-order valence-corrected chi connectivity index (χ3v) is 3.68. The molecule has 6 nitrogen and oxygen atoms in total. The second-order valence-electron chi connectivity index (χ2n) is 5.73. The summed E-state index contributed by atoms with van der Waals surface area (Å²) in [5.74, 6) is -0.539. The van der Waals surface area contributed by atoms with E-state index in [4.69, 9.17) is 0 Å². The lowest BCUT2D eigenvalue weighted by atomic mass is 10.0. The zero-order valence-corrected chi connectivity index (χ0v) is 14.9. The van der Waals surface area contributed by atoms with Crippen LogP contribution in [-0.4, -0.2) is 42.3 Å². The number of rotatable bonds is 8. The Hall–Kier alpha value is -2.37. The van der Waals surface area contributed by atoms with E-state index in [1.807, 2.05) is 45.0 Å². The Bertz CT molecular complexity index is 569. The summed E-state index contributed by atoms with van der Waals surface area (Å²) in [5, 5.41) is 5.50. The van der Waals surface area contributed by atoms with E-state index in [-0.39, 0.29) is 30.7 Å². The van der Waals surface area contributed by atoms with Crippen LogP contribution in [0.3, 0.4) is 0 Å². The number of hydrogen-bond acceptors (Lipinski definition) is 3. The summed E-state index contributed by atoms with van der Waals surface area (Å²) in [6.07, 6.45) is 0.121. The van der Waals surface area contributed by atoms with Crippen molar-refractivity contribution >= 4 is 17.7 Å². The number of nitrogens with one attached hydrogen (secondary N) is 2. The van der Waals surface area contributed by atoms with Gasteiger partial charge in [-0.15, -0.1) is 0 Å². The zero-order chi connectivity index (χ0) is 18.1. The molecule has 1 unspecified atom stereocenters. The first-order valence-corrected chi connectivity index (χ1v) is 8.25. The molecular formula is C18H27N3O3. The highest BCUT2D eigenvalue weighted by molar-refractivity contribution is 5.85. The minimum Gasteiger partial charge on any atom is -0.355 e. The van der Waals surface area contributed by atoms with Crippen LogP contribution in [0.4, 0.5) is 0 Å². The van der Waals surface area contributed by atoms with Crippen molar-refractivity contribution < 1.29 is 14.4 Å². The fourth-order valence-electron chi connectivity index (χ4n) is 2.40. The Labute approximate surface area is 143 Å². The van der Waals surface area contributed by atoms with Crippen LogP contribution >= 0.6 is 0 Å². The third-order valence-electron chi connectivity index (χ3n) is 3.68. The lowest BCUT2D eigenvalue weighted by Crippen LogP contribution is -2.42. The van der Waals surface area contributed by atoms with Crippen molar-refractivity contribution in [3.05, 3.63) is 35.4 Å². The first-order valence-electron chi connectivity index (χ1n) is 8.25. The second kappa shape index (κ2) is 9.70. The van der Waals surface area contributed by atoms with Gasteiger partial charge in [0.25, 0.3) is 0 Å². The van der Waals surface area contributed by atoms with Crippen LogP contribution in [0, 0.1) is 6.92 Å². The number of hydrogen-bond donors (Lipinski definition) is 2. The molecule has 0 aromatic heterocycles. The predicted molar refractivity (Wildman–Crippen MR) is 93.3 cm³/mol. The molecule has 132 valence electrons. The maximum Gasteiger partial charge on any atom is 0.239 e. The Kier molecular flexibility index (Phi) is 7.95. The van der Waals surface area contributed by atoms with E-state index in [2.05, 4.69) is 10.6 Å². The molecule has 0 spiro atoms. The molecule has 0 heterocycles. The van der Waals surface area contributed by atoms with Crippen molar-refractivity contribution in [2.75, 3.05) is 19.6 Å². The Morgan fingerprint density at radius 1 is 1.12 bits per heavy atom. The number of amides is 3. The molecule has 1 aromatic carbocycles. The van der Waals surface area contributed by atoms with Crippen molar-refractivity contribution in [2.24, 2.45) is 0 Å². The second-order valence-corrected chi connectivity index (χ2v) is 5.73. The van der Waals surface area contributed by atoms with Gasteiger partial charge < -0.3 is 15.5 Å². The molecule has 0 saturated heterocycles. The Balaban J connectivity index is 2.83. The van der Waals surface area contributed by atoms with Gasteiger partial charge in [-0.05, 0) is 26.3 Å². The van der Waals surface area contributed by atoms with Gasteiger partial charge in [-0.2, -0.15) is 0 Å². The van der Waals surface area contributed by atoms with Crippen LogP contribution in [0.25, 0.3) is 0 Å². The van der Waals surface area contributed by atoms with Crippen molar-refractivity contribution in [3.8, 4) is 0 Å². The fourth-order valence-corrected chi connectivity index (χ4v) is 2.40. The summed E-state index contributed by atoms with van der Waals surface area (Å²) in [4.78, 5) is 37.2. The molecule has 6 heteroatoms. The van der Waals surface area contributed by atoms with Gasteiger partial charge in [0.1, 0.15) is 0 Å². The molecule has 24 heavy (non-hydrogen) atoms. The molecule has 0 fully saturated rings. The first-order chi connectivity index (χ1) is 11.4. The van der Waals surface area contributed by atoms with Gasteiger partial charge in [0, 0.05) is 20.0 Å². The quantitative estimate of drug-likeness (QED) is 0.757. The zero-order valence-electron chi connectivity index (χ0n) is 14.9. The van der Waals surface area contributed by atoms with Gasteiger partial charge in [0.05, 0.1) is 19.0 Å². The standard InChI is InChI=1S/C18H27N3O3/c1-5-19-17(23)12-21(6-2)18(24)11-16(20-14(4)22)15-9-7-13(3)8-10-15/h7-10,16H,5-6,11-12H2,1-4H3,(H,19,23)(H,20,22). The fraction of sp³-hybridized carbons (Fsp3) is 0.500. The molecule has 3 amide bonds. The van der Waals surface area contributed by atoms with E-state index < -0.39 is 6.04 Å². The lowest BCUT2D eigenvalue weighted by Gasteiger charge is -2.24. The van der Waals surface area contributed by atoms with Crippen molar-refractivity contribution in [1.82, 2.24) is 15.5 Å². The highest BCUT2D eigenvalue weighted by atomic mass is 16.2. The number of carbonyl (C=O) groups is 3. The van der Waals surface area contributed by atoms with Crippen LogP contribution in [0.2, 0.25) is 0 Å². The Morgan fingerprint density at radius 3 is 2.25 bits per heavy atom. The highest BCUT2D eigenvalue weighted by Gasteiger charge is 2.22. The number of carbonyl (C=O) groups excluding carboxylic acids is 3. The summed E-state index contributed by atoms with van der Waals surface area (Å²) in [6, 6.07) is 7.30. The van der Waals surface area contributed by atoms with E-state index in [0.29, 0.717) is 13.1 Å². The Morgan fingerprint density at radius 2 is 1.75 bits per heavy atom. The van der Waals surface area contributed by atoms with Crippen LogP contribution in [0.5, 0.6) is 0 Å². The highest BCUT2D eigenvalue weighted by Crippen LogP contribution is 2.19. The summed E-state index contributed by atoms with van der Waals surface area (Å²) < 4.78 is 0. The van der Waals surface area contributed by atoms with E-state index in [1.54, 1.807) is 0 Å². The first kappa shape index (κ1) is 19.7. The molecule has 1 atom stereocenters. The average molecular weight is 333 g/mol. The molecule has 2 N–H and O–H groups in total. The van der Waals surface area contributed by atoms with E-state index in [1.165, 1.54) is 11.8 Å². The molecule has 0 saturated carbocycles. The van der Waals surface area contributed by atoms with E-state index in [9.17, 15) is 14.4 Å². The molecule has 1 rings (SSSR count).